The lowest BCUT2D eigenvalue weighted by Crippen LogP contribution is -2.41. The Hall–Kier alpha value is -2.28. The number of carboxylic acid groups (broad SMARTS) is 1. The van der Waals surface area contributed by atoms with Gasteiger partial charge >= 0.3 is 5.97 Å². The Morgan fingerprint density at radius 1 is 1.41 bits per heavy atom. The van der Waals surface area contributed by atoms with Gasteiger partial charge in [0.15, 0.2) is 0 Å². The molecule has 7 heteroatoms. The van der Waals surface area contributed by atoms with Crippen molar-refractivity contribution in [1.82, 2.24) is 5.32 Å². The lowest BCUT2D eigenvalue weighted by Gasteiger charge is -2.11. The average Bonchev–Trinajstić information content (AvgIpc) is 2.49. The molecule has 118 valence electrons. The van der Waals surface area contributed by atoms with Crippen molar-refractivity contribution in [2.45, 2.75) is 13.0 Å². The number of hydrogen-bond acceptors (Lipinski definition) is 5. The standard InChI is InChI=1S/C15H17NO5S/c1-10(17)16-13(15(19)20)9-22-14(18)7-6-11-4-3-5-12(8-11)21-2/h3-8,13H,9H2,1-2H3,(H,16,17)(H,19,20)/b7-6+/t13-/m0/s1. The lowest BCUT2D eigenvalue weighted by molar-refractivity contribution is -0.140. The second kappa shape index (κ2) is 8.89. The summed E-state index contributed by atoms with van der Waals surface area (Å²) in [5, 5.41) is 10.9. The minimum atomic E-state index is -1.17. The third-order valence-corrected chi connectivity index (χ3v) is 3.49. The quantitative estimate of drug-likeness (QED) is 0.740. The Morgan fingerprint density at radius 3 is 2.73 bits per heavy atom. The van der Waals surface area contributed by atoms with Crippen molar-refractivity contribution in [1.29, 1.82) is 0 Å². The summed E-state index contributed by atoms with van der Waals surface area (Å²) in [5.41, 5.74) is 0.796. The number of rotatable bonds is 7. The van der Waals surface area contributed by atoms with E-state index in [2.05, 4.69) is 5.32 Å². The van der Waals surface area contributed by atoms with E-state index in [0.717, 1.165) is 17.3 Å². The predicted octanol–water partition coefficient (Wildman–Crippen LogP) is 1.56. The third-order valence-electron chi connectivity index (χ3n) is 2.57. The van der Waals surface area contributed by atoms with Crippen molar-refractivity contribution < 1.29 is 24.2 Å². The highest BCUT2D eigenvalue weighted by molar-refractivity contribution is 8.14. The van der Waals surface area contributed by atoms with Crippen LogP contribution in [0.3, 0.4) is 0 Å². The molecule has 22 heavy (non-hydrogen) atoms. The fourth-order valence-electron chi connectivity index (χ4n) is 1.54. The van der Waals surface area contributed by atoms with Crippen molar-refractivity contribution in [3.05, 3.63) is 35.9 Å². The van der Waals surface area contributed by atoms with Gasteiger partial charge in [0, 0.05) is 12.7 Å². The van der Waals surface area contributed by atoms with E-state index in [1.165, 1.54) is 13.0 Å². The predicted molar refractivity (Wildman–Crippen MR) is 84.7 cm³/mol. The molecule has 0 fully saturated rings. The maximum absolute atomic E-state index is 11.7. The number of carbonyl (C=O) groups excluding carboxylic acids is 2. The van der Waals surface area contributed by atoms with Gasteiger partial charge in [-0.1, -0.05) is 30.0 Å². The van der Waals surface area contributed by atoms with Gasteiger partial charge in [-0.25, -0.2) is 4.79 Å². The Balaban J connectivity index is 2.55. The van der Waals surface area contributed by atoms with Crippen LogP contribution in [-0.4, -0.2) is 41.0 Å². The fourth-order valence-corrected chi connectivity index (χ4v) is 2.26. The highest BCUT2D eigenvalue weighted by Crippen LogP contribution is 2.14. The first-order valence-corrected chi connectivity index (χ1v) is 7.39. The number of amides is 1. The Morgan fingerprint density at radius 2 is 2.14 bits per heavy atom. The first-order chi connectivity index (χ1) is 10.4. The highest BCUT2D eigenvalue weighted by atomic mass is 32.2. The summed E-state index contributed by atoms with van der Waals surface area (Å²) in [6.07, 6.45) is 2.97. The number of aliphatic carboxylic acids is 1. The van der Waals surface area contributed by atoms with Crippen molar-refractivity contribution in [3.8, 4) is 5.75 Å². The molecular weight excluding hydrogens is 306 g/mol. The molecular formula is C15H17NO5S. The molecule has 0 radical (unpaired) electrons. The molecule has 0 heterocycles. The van der Waals surface area contributed by atoms with Gasteiger partial charge in [0.25, 0.3) is 0 Å². The summed E-state index contributed by atoms with van der Waals surface area (Å²) in [5.74, 6) is -0.977. The molecule has 0 bridgehead atoms. The Bertz CT molecular complexity index is 585. The minimum Gasteiger partial charge on any atom is -0.497 e. The zero-order valence-corrected chi connectivity index (χ0v) is 13.1. The molecule has 2 N–H and O–H groups in total. The molecule has 0 aliphatic heterocycles. The van der Waals surface area contributed by atoms with Gasteiger partial charge in [-0.15, -0.1) is 0 Å². The van der Waals surface area contributed by atoms with Gasteiger partial charge in [0.05, 0.1) is 7.11 Å². The summed E-state index contributed by atoms with van der Waals surface area (Å²) in [6, 6.07) is 6.09. The highest BCUT2D eigenvalue weighted by Gasteiger charge is 2.19. The second-order valence-electron chi connectivity index (χ2n) is 4.33. The van der Waals surface area contributed by atoms with E-state index in [4.69, 9.17) is 9.84 Å². The molecule has 1 aromatic carbocycles. The number of ether oxygens (including phenoxy) is 1. The average molecular weight is 323 g/mol. The third kappa shape index (κ3) is 6.45. The maximum Gasteiger partial charge on any atom is 0.327 e. The van der Waals surface area contributed by atoms with Crippen LogP contribution in [0.1, 0.15) is 12.5 Å². The van der Waals surface area contributed by atoms with Crippen LogP contribution in [0.5, 0.6) is 5.75 Å². The molecule has 0 saturated heterocycles. The summed E-state index contributed by atoms with van der Waals surface area (Å²) < 4.78 is 5.07. The molecule has 1 amide bonds. The van der Waals surface area contributed by atoms with Gasteiger partial charge in [-0.05, 0) is 23.8 Å². The topological polar surface area (TPSA) is 92.7 Å². The van der Waals surface area contributed by atoms with Gasteiger partial charge in [0.2, 0.25) is 11.0 Å². The van der Waals surface area contributed by atoms with Crippen LogP contribution in [0.2, 0.25) is 0 Å². The van der Waals surface area contributed by atoms with Crippen LogP contribution < -0.4 is 10.1 Å². The largest absolute Gasteiger partial charge is 0.497 e. The first kappa shape index (κ1) is 17.8. The summed E-state index contributed by atoms with van der Waals surface area (Å²) >= 11 is 0.832. The second-order valence-corrected chi connectivity index (χ2v) is 5.36. The monoisotopic (exact) mass is 323 g/mol. The Labute approximate surface area is 132 Å². The van der Waals surface area contributed by atoms with E-state index in [0.29, 0.717) is 5.75 Å². The van der Waals surface area contributed by atoms with Crippen LogP contribution in [0, 0.1) is 0 Å². The van der Waals surface area contributed by atoms with Crippen LogP contribution in [0.4, 0.5) is 0 Å². The van der Waals surface area contributed by atoms with Crippen molar-refractivity contribution in [3.63, 3.8) is 0 Å². The molecule has 6 nitrogen and oxygen atoms in total. The number of methoxy groups -OCH3 is 1. The zero-order chi connectivity index (χ0) is 16.5. The number of carbonyl (C=O) groups is 3. The number of nitrogens with one attached hydrogen (secondary N) is 1. The number of carboxylic acids is 1. The van der Waals surface area contributed by atoms with Crippen LogP contribution in [0.15, 0.2) is 30.3 Å². The van der Waals surface area contributed by atoms with Gasteiger partial charge in [-0.3, -0.25) is 9.59 Å². The van der Waals surface area contributed by atoms with Gasteiger partial charge < -0.3 is 15.2 Å². The van der Waals surface area contributed by atoms with Crippen molar-refractivity contribution >= 4 is 34.8 Å². The van der Waals surface area contributed by atoms with Gasteiger partial charge in [-0.2, -0.15) is 0 Å². The smallest absolute Gasteiger partial charge is 0.327 e. The lowest BCUT2D eigenvalue weighted by atomic mass is 10.2. The normalized spacial score (nSPS) is 11.9. The van der Waals surface area contributed by atoms with Gasteiger partial charge in [0.1, 0.15) is 11.8 Å². The van der Waals surface area contributed by atoms with E-state index in [-0.39, 0.29) is 10.9 Å². The van der Waals surface area contributed by atoms with E-state index < -0.39 is 17.9 Å². The molecule has 1 rings (SSSR count). The SMILES string of the molecule is COc1cccc(/C=C/C(=O)SC[C@H](NC(C)=O)C(=O)O)c1. The Kier molecular flexibility index (Phi) is 7.18. The van der Waals surface area contributed by atoms with Crippen LogP contribution in [0.25, 0.3) is 6.08 Å². The van der Waals surface area contributed by atoms with E-state index in [9.17, 15) is 14.4 Å². The van der Waals surface area contributed by atoms with Crippen molar-refractivity contribution in [2.24, 2.45) is 0 Å². The molecule has 1 atom stereocenters. The van der Waals surface area contributed by atoms with E-state index >= 15 is 0 Å². The molecule has 0 aliphatic rings. The first-order valence-electron chi connectivity index (χ1n) is 6.41. The van der Waals surface area contributed by atoms with Crippen LogP contribution in [-0.2, 0) is 14.4 Å². The fraction of sp³-hybridized carbons (Fsp3) is 0.267. The molecule has 0 unspecified atom stereocenters. The van der Waals surface area contributed by atoms with Crippen LogP contribution >= 0.6 is 11.8 Å². The van der Waals surface area contributed by atoms with E-state index in [1.807, 2.05) is 6.07 Å². The summed E-state index contributed by atoms with van der Waals surface area (Å²) in [6.45, 7) is 1.23. The number of thioether (sulfide) groups is 1. The molecule has 1 aromatic rings. The van der Waals surface area contributed by atoms with Crippen molar-refractivity contribution in [2.75, 3.05) is 12.9 Å². The minimum absolute atomic E-state index is 0.0316. The number of hydrogen-bond donors (Lipinski definition) is 2. The molecule has 0 spiro atoms. The summed E-state index contributed by atoms with van der Waals surface area (Å²) in [4.78, 5) is 33.5. The number of benzene rings is 1. The zero-order valence-electron chi connectivity index (χ0n) is 12.2. The maximum atomic E-state index is 11.7. The molecule has 0 saturated carbocycles. The molecule has 0 aromatic heterocycles. The summed E-state index contributed by atoms with van der Waals surface area (Å²) in [7, 11) is 1.55. The van der Waals surface area contributed by atoms with E-state index in [1.54, 1.807) is 31.4 Å². The molecule has 0 aliphatic carbocycles.